The largest absolute Gasteiger partial charge is 0.334 e. The fraction of sp³-hybridized carbons (Fsp3) is 0.391. The van der Waals surface area contributed by atoms with Crippen LogP contribution in [0.15, 0.2) is 42.5 Å². The van der Waals surface area contributed by atoms with Crippen molar-refractivity contribution >= 4 is 23.3 Å². The number of benzene rings is 2. The second-order valence-electron chi connectivity index (χ2n) is 8.13. The smallest absolute Gasteiger partial charge is 0.319 e. The van der Waals surface area contributed by atoms with Crippen LogP contribution in [0.3, 0.4) is 0 Å². The van der Waals surface area contributed by atoms with Crippen LogP contribution in [0.5, 0.6) is 0 Å². The first-order valence-electron chi connectivity index (χ1n) is 10.0. The normalized spacial score (nSPS) is 20.1. The lowest BCUT2D eigenvalue weighted by atomic mass is 10.0. The van der Waals surface area contributed by atoms with E-state index in [1.165, 1.54) is 11.1 Å². The summed E-state index contributed by atoms with van der Waals surface area (Å²) >= 11 is 0. The van der Waals surface area contributed by atoms with E-state index >= 15 is 0 Å². The molecular formula is C23H27N3O2. The van der Waals surface area contributed by atoms with Gasteiger partial charge in [-0.3, -0.25) is 4.79 Å². The van der Waals surface area contributed by atoms with Crippen molar-refractivity contribution in [2.24, 2.45) is 0 Å². The molecule has 5 heteroatoms. The molecule has 0 spiro atoms. The first-order chi connectivity index (χ1) is 13.4. The van der Waals surface area contributed by atoms with E-state index in [1.54, 1.807) is 11.8 Å². The number of amides is 3. The second kappa shape index (κ2) is 7.30. The average molecular weight is 377 g/mol. The SMILES string of the molecule is CC(=O)N1CCc2cc(NC(=O)N[C@@H]3C[C@H]3c3ccc(C(C)C)cc3)ccc21. The van der Waals surface area contributed by atoms with Gasteiger partial charge >= 0.3 is 6.03 Å². The van der Waals surface area contributed by atoms with Crippen molar-refractivity contribution in [3.8, 4) is 0 Å². The van der Waals surface area contributed by atoms with Crippen molar-refractivity contribution in [3.63, 3.8) is 0 Å². The number of nitrogens with one attached hydrogen (secondary N) is 2. The first kappa shape index (κ1) is 18.5. The predicted molar refractivity (Wildman–Crippen MR) is 112 cm³/mol. The highest BCUT2D eigenvalue weighted by molar-refractivity contribution is 5.95. The molecule has 1 aliphatic carbocycles. The summed E-state index contributed by atoms with van der Waals surface area (Å²) in [4.78, 5) is 25.8. The van der Waals surface area contributed by atoms with Gasteiger partial charge < -0.3 is 15.5 Å². The summed E-state index contributed by atoms with van der Waals surface area (Å²) in [6.07, 6.45) is 1.80. The molecule has 1 aliphatic heterocycles. The maximum Gasteiger partial charge on any atom is 0.319 e. The molecule has 1 fully saturated rings. The highest BCUT2D eigenvalue weighted by Crippen LogP contribution is 2.41. The Morgan fingerprint density at radius 1 is 1.11 bits per heavy atom. The van der Waals surface area contributed by atoms with Gasteiger partial charge in [-0.1, -0.05) is 38.1 Å². The maximum absolute atomic E-state index is 12.4. The molecule has 0 radical (unpaired) electrons. The fourth-order valence-electron chi connectivity index (χ4n) is 3.99. The average Bonchev–Trinajstić information content (AvgIpc) is 3.28. The number of nitrogens with zero attached hydrogens (tertiary/aromatic N) is 1. The summed E-state index contributed by atoms with van der Waals surface area (Å²) in [5.41, 5.74) is 5.44. The zero-order valence-electron chi connectivity index (χ0n) is 16.7. The molecule has 0 saturated heterocycles. The van der Waals surface area contributed by atoms with E-state index in [9.17, 15) is 9.59 Å². The van der Waals surface area contributed by atoms with Crippen LogP contribution < -0.4 is 15.5 Å². The van der Waals surface area contributed by atoms with E-state index in [4.69, 9.17) is 0 Å². The van der Waals surface area contributed by atoms with Gasteiger partial charge in [0.1, 0.15) is 0 Å². The van der Waals surface area contributed by atoms with E-state index in [1.807, 2.05) is 18.2 Å². The van der Waals surface area contributed by atoms with Crippen molar-refractivity contribution in [1.29, 1.82) is 0 Å². The zero-order valence-corrected chi connectivity index (χ0v) is 16.7. The molecule has 4 rings (SSSR count). The molecule has 5 nitrogen and oxygen atoms in total. The number of urea groups is 1. The van der Waals surface area contributed by atoms with Crippen molar-refractivity contribution < 1.29 is 9.59 Å². The lowest BCUT2D eigenvalue weighted by molar-refractivity contribution is -0.116. The van der Waals surface area contributed by atoms with E-state index in [0.717, 1.165) is 29.8 Å². The minimum atomic E-state index is -0.173. The third kappa shape index (κ3) is 3.75. The van der Waals surface area contributed by atoms with Gasteiger partial charge in [-0.25, -0.2) is 4.79 Å². The van der Waals surface area contributed by atoms with Crippen LogP contribution in [0.2, 0.25) is 0 Å². The molecular weight excluding hydrogens is 350 g/mol. The number of rotatable bonds is 4. The van der Waals surface area contributed by atoms with Gasteiger partial charge in [0, 0.05) is 36.8 Å². The molecule has 2 aromatic rings. The molecule has 2 N–H and O–H groups in total. The van der Waals surface area contributed by atoms with Crippen molar-refractivity contribution in [2.45, 2.75) is 51.5 Å². The number of hydrogen-bond acceptors (Lipinski definition) is 2. The lowest BCUT2D eigenvalue weighted by Crippen LogP contribution is -2.31. The van der Waals surface area contributed by atoms with Crippen LogP contribution in [0.25, 0.3) is 0 Å². The number of fused-ring (bicyclic) bond motifs is 1. The van der Waals surface area contributed by atoms with Crippen LogP contribution in [-0.4, -0.2) is 24.5 Å². The monoisotopic (exact) mass is 377 g/mol. The van der Waals surface area contributed by atoms with Gasteiger partial charge in [-0.2, -0.15) is 0 Å². The molecule has 1 heterocycles. The van der Waals surface area contributed by atoms with E-state index < -0.39 is 0 Å². The second-order valence-corrected chi connectivity index (χ2v) is 8.13. The minimum Gasteiger partial charge on any atom is -0.334 e. The summed E-state index contributed by atoms with van der Waals surface area (Å²) in [5.74, 6) is 0.984. The Bertz CT molecular complexity index is 905. The highest BCUT2D eigenvalue weighted by atomic mass is 16.2. The van der Waals surface area contributed by atoms with Crippen molar-refractivity contribution in [2.75, 3.05) is 16.8 Å². The molecule has 2 atom stereocenters. The molecule has 28 heavy (non-hydrogen) atoms. The number of hydrogen-bond donors (Lipinski definition) is 2. The summed E-state index contributed by atoms with van der Waals surface area (Å²) in [5, 5.41) is 6.00. The zero-order chi connectivity index (χ0) is 19.8. The van der Waals surface area contributed by atoms with Crippen LogP contribution in [0, 0.1) is 0 Å². The van der Waals surface area contributed by atoms with Gasteiger partial charge in [0.05, 0.1) is 0 Å². The van der Waals surface area contributed by atoms with Crippen LogP contribution in [-0.2, 0) is 11.2 Å². The topological polar surface area (TPSA) is 61.4 Å². The van der Waals surface area contributed by atoms with Crippen LogP contribution in [0.1, 0.15) is 55.7 Å². The Labute approximate surface area is 166 Å². The number of anilines is 2. The Hall–Kier alpha value is -2.82. The Balaban J connectivity index is 1.33. The van der Waals surface area contributed by atoms with Gasteiger partial charge in [0.2, 0.25) is 5.91 Å². The lowest BCUT2D eigenvalue weighted by Gasteiger charge is -2.15. The Morgan fingerprint density at radius 3 is 2.54 bits per heavy atom. The third-order valence-electron chi connectivity index (χ3n) is 5.75. The van der Waals surface area contributed by atoms with Crippen LogP contribution >= 0.6 is 0 Å². The van der Waals surface area contributed by atoms with E-state index in [0.29, 0.717) is 18.4 Å². The van der Waals surface area contributed by atoms with Crippen molar-refractivity contribution in [3.05, 3.63) is 59.2 Å². The molecule has 0 bridgehead atoms. The predicted octanol–water partition coefficient (Wildman–Crippen LogP) is 4.40. The maximum atomic E-state index is 12.4. The molecule has 1 saturated carbocycles. The summed E-state index contributed by atoms with van der Waals surface area (Å²) < 4.78 is 0. The standard InChI is InChI=1S/C23H27N3O2/c1-14(2)16-4-6-17(7-5-16)20-13-21(20)25-23(28)24-19-8-9-22-18(12-19)10-11-26(22)15(3)27/h4-9,12,14,20-21H,10-11,13H2,1-3H3,(H2,24,25,28)/t20-,21+/m0/s1. The molecule has 146 valence electrons. The summed E-state index contributed by atoms with van der Waals surface area (Å²) in [6.45, 7) is 6.67. The Kier molecular flexibility index (Phi) is 4.84. The molecule has 0 aromatic heterocycles. The van der Waals surface area contributed by atoms with E-state index in [2.05, 4.69) is 48.7 Å². The Morgan fingerprint density at radius 2 is 1.86 bits per heavy atom. The molecule has 3 amide bonds. The van der Waals surface area contributed by atoms with Gasteiger partial charge in [0.15, 0.2) is 0 Å². The number of carbonyl (C=O) groups is 2. The van der Waals surface area contributed by atoms with E-state index in [-0.39, 0.29) is 18.0 Å². The minimum absolute atomic E-state index is 0.0541. The fourth-order valence-corrected chi connectivity index (χ4v) is 3.99. The number of carbonyl (C=O) groups excluding carboxylic acids is 2. The summed E-state index contributed by atoms with van der Waals surface area (Å²) in [7, 11) is 0. The third-order valence-corrected chi connectivity index (χ3v) is 5.75. The quantitative estimate of drug-likeness (QED) is 0.830. The molecule has 2 aromatic carbocycles. The van der Waals surface area contributed by atoms with Gasteiger partial charge in [-0.15, -0.1) is 0 Å². The molecule has 0 unspecified atom stereocenters. The van der Waals surface area contributed by atoms with Gasteiger partial charge in [0.25, 0.3) is 0 Å². The highest BCUT2D eigenvalue weighted by Gasteiger charge is 2.39. The summed E-state index contributed by atoms with van der Waals surface area (Å²) in [6, 6.07) is 14.5. The molecule has 2 aliphatic rings. The first-order valence-corrected chi connectivity index (χ1v) is 10.0. The van der Waals surface area contributed by atoms with Gasteiger partial charge in [-0.05, 0) is 53.6 Å². The van der Waals surface area contributed by atoms with Crippen molar-refractivity contribution in [1.82, 2.24) is 5.32 Å². The van der Waals surface area contributed by atoms with Crippen LogP contribution in [0.4, 0.5) is 16.2 Å².